The van der Waals surface area contributed by atoms with Crippen molar-refractivity contribution in [1.82, 2.24) is 5.32 Å². The first-order valence-electron chi connectivity index (χ1n) is 5.86. The normalized spacial score (nSPS) is 18.4. The van der Waals surface area contributed by atoms with Crippen molar-refractivity contribution >= 4 is 11.9 Å². The molecule has 1 unspecified atom stereocenters. The van der Waals surface area contributed by atoms with E-state index in [9.17, 15) is 9.59 Å². The monoisotopic (exact) mass is 249 g/mol. The minimum absolute atomic E-state index is 0.0165. The molecule has 1 fully saturated rings. The van der Waals surface area contributed by atoms with Gasteiger partial charge < -0.3 is 15.2 Å². The molecule has 0 saturated carbocycles. The van der Waals surface area contributed by atoms with Gasteiger partial charge in [0.05, 0.1) is 12.5 Å². The Morgan fingerprint density at radius 2 is 2.33 bits per heavy atom. The SMILES string of the molecule is O=C(O)Cc1cccc(OCC2CCC(=O)N2)c1. The van der Waals surface area contributed by atoms with Crippen molar-refractivity contribution in [3.8, 4) is 5.75 Å². The number of hydrogen-bond acceptors (Lipinski definition) is 3. The second-order valence-electron chi connectivity index (χ2n) is 4.33. The van der Waals surface area contributed by atoms with Gasteiger partial charge in [-0.05, 0) is 24.1 Å². The van der Waals surface area contributed by atoms with Crippen LogP contribution in [0.4, 0.5) is 0 Å². The Morgan fingerprint density at radius 1 is 1.50 bits per heavy atom. The number of carbonyl (C=O) groups is 2. The van der Waals surface area contributed by atoms with Gasteiger partial charge in [0.2, 0.25) is 5.91 Å². The second kappa shape index (κ2) is 5.53. The Hall–Kier alpha value is -2.04. The van der Waals surface area contributed by atoms with Crippen LogP contribution in [0.3, 0.4) is 0 Å². The van der Waals surface area contributed by atoms with Crippen LogP contribution < -0.4 is 10.1 Å². The quantitative estimate of drug-likeness (QED) is 0.815. The lowest BCUT2D eigenvalue weighted by molar-refractivity contribution is -0.136. The Kier molecular flexibility index (Phi) is 3.82. The van der Waals surface area contributed by atoms with Crippen molar-refractivity contribution in [1.29, 1.82) is 0 Å². The molecule has 1 saturated heterocycles. The molecule has 1 aromatic rings. The van der Waals surface area contributed by atoms with Gasteiger partial charge in [-0.3, -0.25) is 9.59 Å². The molecule has 2 rings (SSSR count). The predicted molar refractivity (Wildman–Crippen MR) is 64.4 cm³/mol. The number of benzene rings is 1. The van der Waals surface area contributed by atoms with E-state index in [2.05, 4.69) is 5.32 Å². The summed E-state index contributed by atoms with van der Waals surface area (Å²) in [7, 11) is 0. The average Bonchev–Trinajstić information content (AvgIpc) is 2.72. The molecular formula is C13H15NO4. The van der Waals surface area contributed by atoms with E-state index < -0.39 is 5.97 Å². The van der Waals surface area contributed by atoms with E-state index >= 15 is 0 Å². The fourth-order valence-electron chi connectivity index (χ4n) is 1.92. The minimum atomic E-state index is -0.866. The molecular weight excluding hydrogens is 234 g/mol. The van der Waals surface area contributed by atoms with Crippen LogP contribution in [0.1, 0.15) is 18.4 Å². The largest absolute Gasteiger partial charge is 0.491 e. The Balaban J connectivity index is 1.89. The van der Waals surface area contributed by atoms with Crippen LogP contribution in [0.25, 0.3) is 0 Å². The number of amides is 1. The molecule has 1 atom stereocenters. The van der Waals surface area contributed by atoms with Crippen LogP contribution in [-0.4, -0.2) is 29.6 Å². The van der Waals surface area contributed by atoms with Crippen molar-refractivity contribution < 1.29 is 19.4 Å². The highest BCUT2D eigenvalue weighted by atomic mass is 16.5. The molecule has 0 aliphatic carbocycles. The summed E-state index contributed by atoms with van der Waals surface area (Å²) in [6.07, 6.45) is 1.32. The maximum atomic E-state index is 11.0. The highest BCUT2D eigenvalue weighted by Crippen LogP contribution is 2.15. The summed E-state index contributed by atoms with van der Waals surface area (Å²) in [5, 5.41) is 11.5. The van der Waals surface area contributed by atoms with Gasteiger partial charge >= 0.3 is 5.97 Å². The number of nitrogens with one attached hydrogen (secondary N) is 1. The zero-order valence-electron chi connectivity index (χ0n) is 9.89. The summed E-state index contributed by atoms with van der Waals surface area (Å²) in [6.45, 7) is 0.419. The third-order valence-corrected chi connectivity index (χ3v) is 2.79. The zero-order chi connectivity index (χ0) is 13.0. The van der Waals surface area contributed by atoms with E-state index in [-0.39, 0.29) is 18.4 Å². The van der Waals surface area contributed by atoms with E-state index in [0.717, 1.165) is 6.42 Å². The van der Waals surface area contributed by atoms with Crippen LogP contribution in [0, 0.1) is 0 Å². The van der Waals surface area contributed by atoms with Crippen LogP contribution in [0.5, 0.6) is 5.75 Å². The molecule has 0 aromatic heterocycles. The Bertz CT molecular complexity index is 458. The maximum absolute atomic E-state index is 11.0. The maximum Gasteiger partial charge on any atom is 0.307 e. The topological polar surface area (TPSA) is 75.6 Å². The molecule has 1 amide bonds. The number of carboxylic acids is 1. The molecule has 96 valence electrons. The number of aliphatic carboxylic acids is 1. The van der Waals surface area contributed by atoms with Gasteiger partial charge in [0.15, 0.2) is 0 Å². The predicted octanol–water partition coefficient (Wildman–Crippen LogP) is 0.971. The van der Waals surface area contributed by atoms with Gasteiger partial charge in [-0.15, -0.1) is 0 Å². The highest BCUT2D eigenvalue weighted by Gasteiger charge is 2.20. The van der Waals surface area contributed by atoms with Gasteiger partial charge in [0.25, 0.3) is 0 Å². The summed E-state index contributed by atoms with van der Waals surface area (Å²) < 4.78 is 5.55. The first-order chi connectivity index (χ1) is 8.63. The van der Waals surface area contributed by atoms with Crippen LogP contribution in [-0.2, 0) is 16.0 Å². The average molecular weight is 249 g/mol. The molecule has 1 heterocycles. The molecule has 1 aliphatic heterocycles. The molecule has 5 heteroatoms. The molecule has 0 radical (unpaired) electrons. The third kappa shape index (κ3) is 3.48. The number of ether oxygens (including phenoxy) is 1. The van der Waals surface area contributed by atoms with E-state index in [1.807, 2.05) is 0 Å². The lowest BCUT2D eigenvalue weighted by Crippen LogP contribution is -2.30. The standard InChI is InChI=1S/C13H15NO4/c15-12-5-4-10(14-12)8-18-11-3-1-2-9(6-11)7-13(16)17/h1-3,6,10H,4-5,7-8H2,(H,14,15)(H,16,17). The number of carbonyl (C=O) groups excluding carboxylic acids is 1. The summed E-state index contributed by atoms with van der Waals surface area (Å²) in [4.78, 5) is 21.6. The van der Waals surface area contributed by atoms with Gasteiger partial charge in [0, 0.05) is 6.42 Å². The molecule has 18 heavy (non-hydrogen) atoms. The molecule has 0 bridgehead atoms. The summed E-state index contributed by atoms with van der Waals surface area (Å²) in [6, 6.07) is 7.06. The lowest BCUT2D eigenvalue weighted by atomic mass is 10.1. The fraction of sp³-hybridized carbons (Fsp3) is 0.385. The van der Waals surface area contributed by atoms with Crippen molar-refractivity contribution in [2.24, 2.45) is 0 Å². The lowest BCUT2D eigenvalue weighted by Gasteiger charge is -2.12. The summed E-state index contributed by atoms with van der Waals surface area (Å²) in [5.74, 6) is -0.173. The van der Waals surface area contributed by atoms with Crippen molar-refractivity contribution in [3.05, 3.63) is 29.8 Å². The van der Waals surface area contributed by atoms with Gasteiger partial charge in [0.1, 0.15) is 12.4 Å². The van der Waals surface area contributed by atoms with Gasteiger partial charge in [-0.1, -0.05) is 12.1 Å². The highest BCUT2D eigenvalue weighted by molar-refractivity contribution is 5.78. The van der Waals surface area contributed by atoms with E-state index in [1.54, 1.807) is 24.3 Å². The first kappa shape index (κ1) is 12.4. The Morgan fingerprint density at radius 3 is 3.00 bits per heavy atom. The van der Waals surface area contributed by atoms with Crippen molar-refractivity contribution in [2.75, 3.05) is 6.61 Å². The Labute approximate surface area is 105 Å². The first-order valence-corrected chi connectivity index (χ1v) is 5.86. The molecule has 1 aliphatic rings. The number of hydrogen-bond donors (Lipinski definition) is 2. The van der Waals surface area contributed by atoms with Crippen LogP contribution >= 0.6 is 0 Å². The number of rotatable bonds is 5. The summed E-state index contributed by atoms with van der Waals surface area (Å²) >= 11 is 0. The third-order valence-electron chi connectivity index (χ3n) is 2.79. The van der Waals surface area contributed by atoms with Crippen LogP contribution in [0.2, 0.25) is 0 Å². The van der Waals surface area contributed by atoms with Crippen molar-refractivity contribution in [2.45, 2.75) is 25.3 Å². The summed E-state index contributed by atoms with van der Waals surface area (Å²) in [5.41, 5.74) is 0.704. The smallest absolute Gasteiger partial charge is 0.307 e. The second-order valence-corrected chi connectivity index (χ2v) is 4.33. The molecule has 0 spiro atoms. The minimum Gasteiger partial charge on any atom is -0.491 e. The molecule has 2 N–H and O–H groups in total. The molecule has 5 nitrogen and oxygen atoms in total. The van der Waals surface area contributed by atoms with Crippen LogP contribution in [0.15, 0.2) is 24.3 Å². The van der Waals surface area contributed by atoms with Gasteiger partial charge in [-0.2, -0.15) is 0 Å². The van der Waals surface area contributed by atoms with E-state index in [1.165, 1.54) is 0 Å². The zero-order valence-corrected chi connectivity index (χ0v) is 9.89. The van der Waals surface area contributed by atoms with E-state index in [4.69, 9.17) is 9.84 Å². The van der Waals surface area contributed by atoms with Gasteiger partial charge in [-0.25, -0.2) is 0 Å². The molecule has 1 aromatic carbocycles. The van der Waals surface area contributed by atoms with Crippen molar-refractivity contribution in [3.63, 3.8) is 0 Å². The fourth-order valence-corrected chi connectivity index (χ4v) is 1.92. The number of carboxylic acid groups (broad SMARTS) is 1. The van der Waals surface area contributed by atoms with E-state index in [0.29, 0.717) is 24.3 Å².